The Morgan fingerprint density at radius 1 is 1.45 bits per heavy atom. The number of hydrogen-bond acceptors (Lipinski definition) is 5. The molecule has 0 radical (unpaired) electrons. The highest BCUT2D eigenvalue weighted by molar-refractivity contribution is 5.78. The summed E-state index contributed by atoms with van der Waals surface area (Å²) >= 11 is 0. The predicted octanol–water partition coefficient (Wildman–Crippen LogP) is 1.22. The number of rotatable bonds is 3. The van der Waals surface area contributed by atoms with Crippen LogP contribution in [0.4, 0.5) is 0 Å². The van der Waals surface area contributed by atoms with Crippen LogP contribution in [0.25, 0.3) is 11.7 Å². The van der Waals surface area contributed by atoms with E-state index in [1.807, 2.05) is 11.8 Å². The van der Waals surface area contributed by atoms with Gasteiger partial charge in [0, 0.05) is 26.2 Å². The molecule has 2 aromatic heterocycles. The topological polar surface area (TPSA) is 71.5 Å². The maximum absolute atomic E-state index is 12.2. The fourth-order valence-corrected chi connectivity index (χ4v) is 2.27. The highest BCUT2D eigenvalue weighted by atomic mass is 16.4. The molecule has 0 spiro atoms. The second-order valence-corrected chi connectivity index (χ2v) is 4.81. The van der Waals surface area contributed by atoms with Gasteiger partial charge in [-0.3, -0.25) is 4.79 Å². The molecule has 0 aromatic carbocycles. The summed E-state index contributed by atoms with van der Waals surface area (Å²) in [5.41, 5.74) is 0.680. The summed E-state index contributed by atoms with van der Waals surface area (Å²) in [4.78, 5) is 18.4. The molecular formula is C14H17N3O3. The van der Waals surface area contributed by atoms with Gasteiger partial charge in [-0.25, -0.2) is 4.98 Å². The first-order chi connectivity index (χ1) is 9.74. The Hall–Kier alpha value is -2.08. The van der Waals surface area contributed by atoms with E-state index in [0.717, 1.165) is 26.2 Å². The van der Waals surface area contributed by atoms with E-state index >= 15 is 0 Å². The van der Waals surface area contributed by atoms with Crippen molar-refractivity contribution < 1.29 is 13.6 Å². The fraction of sp³-hybridized carbons (Fsp3) is 0.429. The van der Waals surface area contributed by atoms with Gasteiger partial charge in [0.1, 0.15) is 5.76 Å². The molecule has 1 aliphatic heterocycles. The number of carbonyl (C=O) groups excluding carboxylic acids is 1. The van der Waals surface area contributed by atoms with Crippen LogP contribution in [0.2, 0.25) is 0 Å². The Labute approximate surface area is 116 Å². The molecule has 0 unspecified atom stereocenters. The zero-order chi connectivity index (χ0) is 13.9. The summed E-state index contributed by atoms with van der Waals surface area (Å²) in [7, 11) is 0. The van der Waals surface area contributed by atoms with Gasteiger partial charge in [-0.1, -0.05) is 0 Å². The van der Waals surface area contributed by atoms with Gasteiger partial charge in [-0.15, -0.1) is 0 Å². The first kappa shape index (κ1) is 12.9. The van der Waals surface area contributed by atoms with E-state index in [-0.39, 0.29) is 12.3 Å². The van der Waals surface area contributed by atoms with Gasteiger partial charge in [0.25, 0.3) is 5.89 Å². The van der Waals surface area contributed by atoms with Crippen molar-refractivity contribution >= 4 is 5.91 Å². The predicted molar refractivity (Wildman–Crippen MR) is 72.1 cm³/mol. The number of furan rings is 1. The van der Waals surface area contributed by atoms with Crippen molar-refractivity contribution in [2.75, 3.05) is 26.2 Å². The lowest BCUT2D eigenvalue weighted by Crippen LogP contribution is -2.47. The van der Waals surface area contributed by atoms with Crippen LogP contribution in [0.5, 0.6) is 0 Å². The van der Waals surface area contributed by atoms with E-state index in [1.165, 1.54) is 0 Å². The van der Waals surface area contributed by atoms with E-state index in [2.05, 4.69) is 10.3 Å². The number of piperazine rings is 1. The average Bonchev–Trinajstić information content (AvgIpc) is 3.10. The smallest absolute Gasteiger partial charge is 0.263 e. The van der Waals surface area contributed by atoms with Crippen molar-refractivity contribution in [2.24, 2.45) is 0 Å². The third-order valence-electron chi connectivity index (χ3n) is 3.41. The van der Waals surface area contributed by atoms with Crippen molar-refractivity contribution in [2.45, 2.75) is 13.3 Å². The molecule has 20 heavy (non-hydrogen) atoms. The summed E-state index contributed by atoms with van der Waals surface area (Å²) in [6, 6.07) is 3.56. The third-order valence-corrected chi connectivity index (χ3v) is 3.41. The molecule has 6 heteroatoms. The summed E-state index contributed by atoms with van der Waals surface area (Å²) < 4.78 is 10.8. The second-order valence-electron chi connectivity index (χ2n) is 4.81. The van der Waals surface area contributed by atoms with Gasteiger partial charge >= 0.3 is 0 Å². The van der Waals surface area contributed by atoms with Gasteiger partial charge < -0.3 is 19.1 Å². The van der Waals surface area contributed by atoms with E-state index in [4.69, 9.17) is 8.83 Å². The fourth-order valence-electron chi connectivity index (χ4n) is 2.27. The lowest BCUT2D eigenvalue weighted by Gasteiger charge is -2.27. The van der Waals surface area contributed by atoms with Crippen molar-refractivity contribution in [3.63, 3.8) is 0 Å². The molecule has 1 N–H and O–H groups in total. The van der Waals surface area contributed by atoms with Gasteiger partial charge in [0.2, 0.25) is 5.91 Å². The van der Waals surface area contributed by atoms with Crippen molar-refractivity contribution in [3.05, 3.63) is 29.9 Å². The standard InChI is InChI=1S/C14H17N3O3/c1-10-11(9-13(18)17-6-4-15-5-7-17)16-14(20-10)12-3-2-8-19-12/h2-3,8,15H,4-7,9H2,1H3. The Balaban J connectivity index is 1.72. The highest BCUT2D eigenvalue weighted by Crippen LogP contribution is 2.22. The number of nitrogens with zero attached hydrogens (tertiary/aromatic N) is 2. The Morgan fingerprint density at radius 2 is 2.25 bits per heavy atom. The number of carbonyl (C=O) groups is 1. The number of amides is 1. The molecule has 3 rings (SSSR count). The molecule has 6 nitrogen and oxygen atoms in total. The molecular weight excluding hydrogens is 258 g/mol. The minimum Gasteiger partial charge on any atom is -0.459 e. The number of aryl methyl sites for hydroxylation is 1. The van der Waals surface area contributed by atoms with Crippen molar-refractivity contribution in [3.8, 4) is 11.7 Å². The average molecular weight is 275 g/mol. The second kappa shape index (κ2) is 5.50. The molecule has 0 atom stereocenters. The maximum Gasteiger partial charge on any atom is 0.263 e. The molecule has 3 heterocycles. The van der Waals surface area contributed by atoms with Crippen molar-refractivity contribution in [1.82, 2.24) is 15.2 Å². The lowest BCUT2D eigenvalue weighted by molar-refractivity contribution is -0.131. The van der Waals surface area contributed by atoms with Crippen LogP contribution < -0.4 is 5.32 Å². The van der Waals surface area contributed by atoms with Crippen LogP contribution in [0.3, 0.4) is 0 Å². The van der Waals surface area contributed by atoms with Crippen LogP contribution in [0.1, 0.15) is 11.5 Å². The first-order valence-electron chi connectivity index (χ1n) is 6.73. The molecule has 1 aliphatic rings. The number of hydrogen-bond donors (Lipinski definition) is 1. The number of nitrogens with one attached hydrogen (secondary N) is 1. The molecule has 1 fully saturated rings. The van der Waals surface area contributed by atoms with Crippen LogP contribution >= 0.6 is 0 Å². The summed E-state index contributed by atoms with van der Waals surface area (Å²) in [5.74, 6) is 1.76. The van der Waals surface area contributed by atoms with Gasteiger partial charge in [0.15, 0.2) is 5.76 Å². The quantitative estimate of drug-likeness (QED) is 0.912. The van der Waals surface area contributed by atoms with E-state index in [1.54, 1.807) is 18.4 Å². The molecule has 1 amide bonds. The minimum absolute atomic E-state index is 0.0916. The van der Waals surface area contributed by atoms with E-state index in [9.17, 15) is 4.79 Å². The Kier molecular flexibility index (Phi) is 3.56. The molecule has 0 aliphatic carbocycles. The number of oxazole rings is 1. The first-order valence-corrected chi connectivity index (χ1v) is 6.73. The highest BCUT2D eigenvalue weighted by Gasteiger charge is 2.20. The SMILES string of the molecule is Cc1oc(-c2ccco2)nc1CC(=O)N1CCNCC1. The summed E-state index contributed by atoms with van der Waals surface area (Å²) in [6.45, 7) is 5.02. The molecule has 2 aromatic rings. The summed E-state index contributed by atoms with van der Waals surface area (Å²) in [6.07, 6.45) is 1.84. The van der Waals surface area contributed by atoms with Crippen LogP contribution in [-0.4, -0.2) is 42.0 Å². The molecule has 0 saturated carbocycles. The summed E-state index contributed by atoms with van der Waals surface area (Å²) in [5, 5.41) is 3.23. The molecule has 106 valence electrons. The van der Waals surface area contributed by atoms with Crippen LogP contribution in [0.15, 0.2) is 27.2 Å². The molecule has 1 saturated heterocycles. The number of aromatic nitrogens is 1. The zero-order valence-electron chi connectivity index (χ0n) is 11.4. The van der Waals surface area contributed by atoms with Gasteiger partial charge in [0.05, 0.1) is 18.4 Å². The monoisotopic (exact) mass is 275 g/mol. The minimum atomic E-state index is 0.0916. The maximum atomic E-state index is 12.2. The normalized spacial score (nSPS) is 15.6. The lowest BCUT2D eigenvalue weighted by atomic mass is 10.2. The molecule has 0 bridgehead atoms. The van der Waals surface area contributed by atoms with Crippen LogP contribution in [-0.2, 0) is 11.2 Å². The Morgan fingerprint density at radius 3 is 2.95 bits per heavy atom. The van der Waals surface area contributed by atoms with Gasteiger partial charge in [-0.05, 0) is 19.1 Å². The van der Waals surface area contributed by atoms with Crippen LogP contribution in [0, 0.1) is 6.92 Å². The van der Waals surface area contributed by atoms with E-state index < -0.39 is 0 Å². The zero-order valence-corrected chi connectivity index (χ0v) is 11.4. The Bertz CT molecular complexity index is 583. The van der Waals surface area contributed by atoms with Gasteiger partial charge in [-0.2, -0.15) is 0 Å². The van der Waals surface area contributed by atoms with E-state index in [0.29, 0.717) is 23.1 Å². The van der Waals surface area contributed by atoms with Crippen molar-refractivity contribution in [1.29, 1.82) is 0 Å². The third kappa shape index (κ3) is 2.60. The largest absolute Gasteiger partial charge is 0.459 e.